The molecule has 0 aliphatic carbocycles. The molecule has 5 rings (SSSR count). The Kier molecular flexibility index (Phi) is 7.28. The molecular weight excluding hydrogens is 530 g/mol. The first-order chi connectivity index (χ1) is 18.2. The highest BCUT2D eigenvalue weighted by atomic mass is 35.5. The van der Waals surface area contributed by atoms with Gasteiger partial charge in [0.15, 0.2) is 6.61 Å². The summed E-state index contributed by atoms with van der Waals surface area (Å²) in [5.74, 6) is -1.03. The maximum absolute atomic E-state index is 15.1. The number of aromatic nitrogens is 4. The molecule has 1 atom stereocenters. The molecule has 2 aromatic carbocycles. The molecule has 1 aliphatic rings. The summed E-state index contributed by atoms with van der Waals surface area (Å²) < 4.78 is 62.1. The number of benzene rings is 2. The third-order valence-corrected chi connectivity index (χ3v) is 6.28. The first-order valence-corrected chi connectivity index (χ1v) is 11.9. The fourth-order valence-electron chi connectivity index (χ4n) is 4.10. The third-order valence-electron chi connectivity index (χ3n) is 5.96. The van der Waals surface area contributed by atoms with E-state index >= 15 is 4.39 Å². The summed E-state index contributed by atoms with van der Waals surface area (Å²) in [6, 6.07) is 10.4. The molecule has 1 saturated heterocycles. The SMILES string of the molecule is OC(c1ccc(OCC(F)(F)F)nn1)c1cc(-c2ncnc3cc(N4CCOCC4)ccc23)c(F)cc1Cl. The number of halogens is 5. The molecule has 2 aromatic heterocycles. The molecule has 1 aliphatic heterocycles. The van der Waals surface area contributed by atoms with Crippen LogP contribution in [0.4, 0.5) is 23.2 Å². The van der Waals surface area contributed by atoms with Gasteiger partial charge >= 0.3 is 6.18 Å². The zero-order valence-electron chi connectivity index (χ0n) is 19.6. The maximum Gasteiger partial charge on any atom is 0.422 e. The van der Waals surface area contributed by atoms with Crippen molar-refractivity contribution in [1.82, 2.24) is 20.2 Å². The fraction of sp³-hybridized carbons (Fsp3) is 0.280. The molecule has 1 unspecified atom stereocenters. The van der Waals surface area contributed by atoms with E-state index in [9.17, 15) is 18.3 Å². The molecule has 0 spiro atoms. The van der Waals surface area contributed by atoms with Crippen molar-refractivity contribution in [2.24, 2.45) is 0 Å². The number of aliphatic hydroxyl groups excluding tert-OH is 1. The lowest BCUT2D eigenvalue weighted by Crippen LogP contribution is -2.36. The molecule has 0 amide bonds. The number of hydrogen-bond donors (Lipinski definition) is 1. The monoisotopic (exact) mass is 549 g/mol. The number of nitrogens with zero attached hydrogens (tertiary/aromatic N) is 5. The maximum atomic E-state index is 15.1. The van der Waals surface area contributed by atoms with Crippen LogP contribution in [0.2, 0.25) is 5.02 Å². The third kappa shape index (κ3) is 5.62. The van der Waals surface area contributed by atoms with Gasteiger partial charge in [-0.1, -0.05) is 11.6 Å². The summed E-state index contributed by atoms with van der Waals surface area (Å²) in [5, 5.41) is 18.7. The average molecular weight is 550 g/mol. The second kappa shape index (κ2) is 10.6. The number of hydrogen-bond acceptors (Lipinski definition) is 8. The van der Waals surface area contributed by atoms with Gasteiger partial charge in [-0.15, -0.1) is 10.2 Å². The largest absolute Gasteiger partial charge is 0.467 e. The molecule has 0 saturated carbocycles. The van der Waals surface area contributed by atoms with Crippen LogP contribution in [0.15, 0.2) is 48.8 Å². The number of rotatable bonds is 6. The van der Waals surface area contributed by atoms with Gasteiger partial charge in [0.2, 0.25) is 5.88 Å². The van der Waals surface area contributed by atoms with Gasteiger partial charge in [0, 0.05) is 46.4 Å². The quantitative estimate of drug-likeness (QED) is 0.345. The molecule has 3 heterocycles. The van der Waals surface area contributed by atoms with Crippen molar-refractivity contribution < 1.29 is 32.1 Å². The second-order valence-corrected chi connectivity index (χ2v) is 8.89. The fourth-order valence-corrected chi connectivity index (χ4v) is 4.36. The Bertz CT molecular complexity index is 1450. The highest BCUT2D eigenvalue weighted by molar-refractivity contribution is 6.31. The lowest BCUT2D eigenvalue weighted by Gasteiger charge is -2.29. The Morgan fingerprint density at radius 2 is 1.84 bits per heavy atom. The topological polar surface area (TPSA) is 93.5 Å². The Morgan fingerprint density at radius 3 is 2.55 bits per heavy atom. The second-order valence-electron chi connectivity index (χ2n) is 8.48. The molecular formula is C25H20ClF4N5O3. The normalized spacial score (nSPS) is 15.1. The van der Waals surface area contributed by atoms with E-state index < -0.39 is 24.7 Å². The molecule has 0 bridgehead atoms. The lowest BCUT2D eigenvalue weighted by atomic mass is 9.99. The van der Waals surface area contributed by atoms with Crippen molar-refractivity contribution in [2.75, 3.05) is 37.8 Å². The van der Waals surface area contributed by atoms with E-state index in [1.807, 2.05) is 18.2 Å². The Morgan fingerprint density at radius 1 is 1.05 bits per heavy atom. The summed E-state index contributed by atoms with van der Waals surface area (Å²) >= 11 is 6.24. The minimum Gasteiger partial charge on any atom is -0.467 e. The van der Waals surface area contributed by atoms with E-state index in [1.165, 1.54) is 18.5 Å². The number of fused-ring (bicyclic) bond motifs is 1. The predicted molar refractivity (Wildman–Crippen MR) is 131 cm³/mol. The van der Waals surface area contributed by atoms with E-state index in [-0.39, 0.29) is 27.7 Å². The number of morpholine rings is 1. The van der Waals surface area contributed by atoms with Crippen LogP contribution < -0.4 is 9.64 Å². The van der Waals surface area contributed by atoms with Crippen LogP contribution in [-0.2, 0) is 4.74 Å². The van der Waals surface area contributed by atoms with Crippen LogP contribution >= 0.6 is 11.6 Å². The summed E-state index contributed by atoms with van der Waals surface area (Å²) in [5.41, 5.74) is 2.03. The number of alkyl halides is 3. The van der Waals surface area contributed by atoms with Crippen molar-refractivity contribution in [3.8, 4) is 17.1 Å². The van der Waals surface area contributed by atoms with E-state index in [0.717, 1.165) is 30.9 Å². The van der Waals surface area contributed by atoms with E-state index in [4.69, 9.17) is 16.3 Å². The minimum atomic E-state index is -4.53. The Labute approximate surface area is 218 Å². The molecule has 0 radical (unpaired) electrons. The smallest absolute Gasteiger partial charge is 0.422 e. The van der Waals surface area contributed by atoms with Gasteiger partial charge in [0.1, 0.15) is 18.2 Å². The number of aliphatic hydroxyl groups is 1. The van der Waals surface area contributed by atoms with Crippen LogP contribution in [0.5, 0.6) is 5.88 Å². The first-order valence-electron chi connectivity index (χ1n) is 11.5. The van der Waals surface area contributed by atoms with Gasteiger partial charge < -0.3 is 19.5 Å². The van der Waals surface area contributed by atoms with Crippen LogP contribution in [0.1, 0.15) is 17.4 Å². The zero-order chi connectivity index (χ0) is 26.9. The molecule has 1 N–H and O–H groups in total. The van der Waals surface area contributed by atoms with Gasteiger partial charge in [-0.25, -0.2) is 14.4 Å². The lowest BCUT2D eigenvalue weighted by molar-refractivity contribution is -0.154. The van der Waals surface area contributed by atoms with Crippen molar-refractivity contribution in [3.05, 3.63) is 70.9 Å². The summed E-state index contributed by atoms with van der Waals surface area (Å²) in [4.78, 5) is 10.8. The highest BCUT2D eigenvalue weighted by Gasteiger charge is 2.29. The van der Waals surface area contributed by atoms with Crippen LogP contribution in [-0.4, -0.2) is 64.4 Å². The Hall–Kier alpha value is -3.61. The predicted octanol–water partition coefficient (Wildman–Crippen LogP) is 4.74. The van der Waals surface area contributed by atoms with Gasteiger partial charge in [-0.3, -0.25) is 0 Å². The van der Waals surface area contributed by atoms with Gasteiger partial charge in [0.25, 0.3) is 0 Å². The van der Waals surface area contributed by atoms with Gasteiger partial charge in [-0.2, -0.15) is 13.2 Å². The van der Waals surface area contributed by atoms with E-state index in [1.54, 1.807) is 0 Å². The number of ether oxygens (including phenoxy) is 2. The molecule has 1 fully saturated rings. The molecule has 13 heteroatoms. The van der Waals surface area contributed by atoms with Gasteiger partial charge in [0.05, 0.1) is 30.1 Å². The van der Waals surface area contributed by atoms with Crippen LogP contribution in [0, 0.1) is 5.82 Å². The molecule has 38 heavy (non-hydrogen) atoms. The molecule has 4 aromatic rings. The van der Waals surface area contributed by atoms with Crippen LogP contribution in [0.3, 0.4) is 0 Å². The van der Waals surface area contributed by atoms with Crippen molar-refractivity contribution in [2.45, 2.75) is 12.3 Å². The standard InChI is InChI=1S/C25H20ClF4N5O3/c26-18-11-19(27)17(10-16(18)24(36)20-3-4-22(34-33-20)38-12-25(28,29)30)23-15-2-1-14(9-21(15)31-13-32-23)35-5-7-37-8-6-35/h1-4,9-11,13,24,36H,5-8,12H2. The summed E-state index contributed by atoms with van der Waals surface area (Å²) in [7, 11) is 0. The highest BCUT2D eigenvalue weighted by Crippen LogP contribution is 2.36. The summed E-state index contributed by atoms with van der Waals surface area (Å²) in [6.45, 7) is 1.21. The average Bonchev–Trinajstić information content (AvgIpc) is 2.91. The van der Waals surface area contributed by atoms with Crippen molar-refractivity contribution >= 4 is 28.2 Å². The minimum absolute atomic E-state index is 0.0217. The summed E-state index contributed by atoms with van der Waals surface area (Å²) in [6.07, 6.45) is -4.66. The van der Waals surface area contributed by atoms with Crippen molar-refractivity contribution in [1.29, 1.82) is 0 Å². The first kappa shape index (κ1) is 26.0. The zero-order valence-corrected chi connectivity index (χ0v) is 20.4. The van der Waals surface area contributed by atoms with E-state index in [2.05, 4.69) is 29.8 Å². The number of anilines is 1. The Balaban J connectivity index is 1.46. The molecule has 198 valence electrons. The molecule has 8 nitrogen and oxygen atoms in total. The van der Waals surface area contributed by atoms with Crippen molar-refractivity contribution in [3.63, 3.8) is 0 Å². The van der Waals surface area contributed by atoms with Gasteiger partial charge in [-0.05, 0) is 36.4 Å². The van der Waals surface area contributed by atoms with E-state index in [0.29, 0.717) is 29.8 Å². The van der Waals surface area contributed by atoms with Crippen LogP contribution in [0.25, 0.3) is 22.2 Å².